The van der Waals surface area contributed by atoms with E-state index in [1.807, 2.05) is 0 Å². The van der Waals surface area contributed by atoms with Gasteiger partial charge in [-0.2, -0.15) is 8.42 Å². The summed E-state index contributed by atoms with van der Waals surface area (Å²) in [6, 6.07) is 4.46. The second-order valence-electron chi connectivity index (χ2n) is 4.85. The summed E-state index contributed by atoms with van der Waals surface area (Å²) < 4.78 is 28.0. The Kier molecular flexibility index (Phi) is 2.98. The second kappa shape index (κ2) is 4.59. The van der Waals surface area contributed by atoms with E-state index >= 15 is 0 Å². The molecule has 1 aromatic heterocycles. The first-order chi connectivity index (χ1) is 9.89. The van der Waals surface area contributed by atoms with Crippen LogP contribution in [0.1, 0.15) is 15.9 Å². The van der Waals surface area contributed by atoms with E-state index in [4.69, 9.17) is 5.11 Å². The van der Waals surface area contributed by atoms with Crippen molar-refractivity contribution in [3.05, 3.63) is 41.9 Å². The second-order valence-corrected chi connectivity index (χ2v) is 6.66. The zero-order valence-electron chi connectivity index (χ0n) is 11.2. The SMILES string of the molecule is Cn1cnc(S(=O)(=O)N2CCc3cc(C(=O)O)ccc32)c1. The van der Waals surface area contributed by atoms with Gasteiger partial charge in [-0.15, -0.1) is 0 Å². The van der Waals surface area contributed by atoms with Crippen LogP contribution in [0.15, 0.2) is 35.7 Å². The van der Waals surface area contributed by atoms with Gasteiger partial charge >= 0.3 is 5.97 Å². The van der Waals surface area contributed by atoms with Crippen molar-refractivity contribution >= 4 is 21.7 Å². The normalized spacial score (nSPS) is 14.2. The molecule has 110 valence electrons. The zero-order chi connectivity index (χ0) is 15.2. The smallest absolute Gasteiger partial charge is 0.335 e. The van der Waals surface area contributed by atoms with Crippen LogP contribution < -0.4 is 4.31 Å². The largest absolute Gasteiger partial charge is 0.478 e. The van der Waals surface area contributed by atoms with Crippen LogP contribution in [0.2, 0.25) is 0 Å². The average molecular weight is 307 g/mol. The van der Waals surface area contributed by atoms with Crippen LogP contribution in [0.3, 0.4) is 0 Å². The van der Waals surface area contributed by atoms with Crippen molar-refractivity contribution < 1.29 is 18.3 Å². The number of aromatic carboxylic acids is 1. The summed E-state index contributed by atoms with van der Waals surface area (Å²) in [5, 5.41) is 8.96. The Morgan fingerprint density at radius 1 is 1.38 bits per heavy atom. The predicted molar refractivity (Wildman–Crippen MR) is 74.8 cm³/mol. The van der Waals surface area contributed by atoms with E-state index < -0.39 is 16.0 Å². The van der Waals surface area contributed by atoms with Crippen LogP contribution in [-0.2, 0) is 23.5 Å². The van der Waals surface area contributed by atoms with Crippen LogP contribution in [0.4, 0.5) is 5.69 Å². The third-order valence-corrected chi connectivity index (χ3v) is 5.11. The minimum atomic E-state index is -3.71. The van der Waals surface area contributed by atoms with E-state index in [0.29, 0.717) is 12.1 Å². The summed E-state index contributed by atoms with van der Waals surface area (Å²) in [4.78, 5) is 14.8. The Morgan fingerprint density at radius 3 is 2.76 bits per heavy atom. The van der Waals surface area contributed by atoms with Gasteiger partial charge in [0.1, 0.15) is 0 Å². The lowest BCUT2D eigenvalue weighted by atomic mass is 10.1. The fourth-order valence-electron chi connectivity index (χ4n) is 2.39. The van der Waals surface area contributed by atoms with Crippen molar-refractivity contribution in [2.75, 3.05) is 10.8 Å². The van der Waals surface area contributed by atoms with Crippen molar-refractivity contribution in [1.29, 1.82) is 0 Å². The summed E-state index contributed by atoms with van der Waals surface area (Å²) in [5.41, 5.74) is 1.39. The lowest BCUT2D eigenvalue weighted by Crippen LogP contribution is -2.29. The van der Waals surface area contributed by atoms with E-state index in [9.17, 15) is 13.2 Å². The van der Waals surface area contributed by atoms with Crippen LogP contribution in [0.25, 0.3) is 0 Å². The quantitative estimate of drug-likeness (QED) is 0.908. The van der Waals surface area contributed by atoms with Gasteiger partial charge in [0.15, 0.2) is 5.03 Å². The molecule has 2 heterocycles. The molecule has 8 heteroatoms. The molecule has 1 aliphatic rings. The molecular formula is C13H13N3O4S. The summed E-state index contributed by atoms with van der Waals surface area (Å²) in [5.74, 6) is -1.02. The maximum atomic E-state index is 12.6. The number of imidazole rings is 1. The Hall–Kier alpha value is -2.35. The van der Waals surface area contributed by atoms with Crippen molar-refractivity contribution in [1.82, 2.24) is 9.55 Å². The number of anilines is 1. The molecule has 21 heavy (non-hydrogen) atoms. The van der Waals surface area contributed by atoms with Gasteiger partial charge in [-0.3, -0.25) is 4.31 Å². The zero-order valence-corrected chi connectivity index (χ0v) is 12.0. The summed E-state index contributed by atoms with van der Waals surface area (Å²) in [7, 11) is -2.01. The third-order valence-electron chi connectivity index (χ3n) is 3.41. The lowest BCUT2D eigenvalue weighted by molar-refractivity contribution is 0.0697. The lowest BCUT2D eigenvalue weighted by Gasteiger charge is -2.18. The van der Waals surface area contributed by atoms with Gasteiger partial charge in [-0.25, -0.2) is 9.78 Å². The summed E-state index contributed by atoms with van der Waals surface area (Å²) >= 11 is 0. The number of aryl methyl sites for hydroxylation is 1. The molecule has 3 rings (SSSR count). The van der Waals surface area contributed by atoms with Gasteiger partial charge in [0.05, 0.1) is 17.6 Å². The number of sulfonamides is 1. The molecule has 0 atom stereocenters. The Balaban J connectivity index is 2.03. The fraction of sp³-hybridized carbons (Fsp3) is 0.231. The molecule has 0 saturated heterocycles. The monoisotopic (exact) mass is 307 g/mol. The van der Waals surface area contributed by atoms with Gasteiger partial charge in [0, 0.05) is 19.8 Å². The van der Waals surface area contributed by atoms with Crippen molar-refractivity contribution in [3.8, 4) is 0 Å². The highest BCUT2D eigenvalue weighted by atomic mass is 32.2. The number of aromatic nitrogens is 2. The first-order valence-corrected chi connectivity index (χ1v) is 7.70. The van der Waals surface area contributed by atoms with E-state index in [1.165, 1.54) is 35.0 Å². The van der Waals surface area contributed by atoms with Gasteiger partial charge in [0.25, 0.3) is 10.0 Å². The Morgan fingerprint density at radius 2 is 2.14 bits per heavy atom. The van der Waals surface area contributed by atoms with Gasteiger partial charge in [-0.05, 0) is 30.2 Å². The van der Waals surface area contributed by atoms with Gasteiger partial charge < -0.3 is 9.67 Å². The number of hydrogen-bond acceptors (Lipinski definition) is 4. The summed E-state index contributed by atoms with van der Waals surface area (Å²) in [6.45, 7) is 0.289. The molecule has 0 aliphatic carbocycles. The number of nitrogens with zero attached hydrogens (tertiary/aromatic N) is 3. The van der Waals surface area contributed by atoms with Crippen LogP contribution in [0.5, 0.6) is 0 Å². The topological polar surface area (TPSA) is 92.5 Å². The Labute approximate surface area is 121 Å². The molecule has 0 spiro atoms. The number of fused-ring (bicyclic) bond motifs is 1. The standard InChI is InChI=1S/C13H13N3O4S/c1-15-7-12(14-8-15)21(19,20)16-5-4-9-6-10(13(17)18)2-3-11(9)16/h2-3,6-8H,4-5H2,1H3,(H,17,18). The summed E-state index contributed by atoms with van der Waals surface area (Å²) in [6.07, 6.45) is 3.36. The number of benzene rings is 1. The number of hydrogen-bond donors (Lipinski definition) is 1. The van der Waals surface area contributed by atoms with Crippen molar-refractivity contribution in [3.63, 3.8) is 0 Å². The number of carboxylic acids is 1. The van der Waals surface area contributed by atoms with Crippen LogP contribution in [0, 0.1) is 0 Å². The van der Waals surface area contributed by atoms with Gasteiger partial charge in [0.2, 0.25) is 0 Å². The molecule has 0 saturated carbocycles. The third kappa shape index (κ3) is 2.17. The number of carboxylic acid groups (broad SMARTS) is 1. The van der Waals surface area contributed by atoms with Crippen LogP contribution in [-0.4, -0.2) is 35.6 Å². The molecule has 0 fully saturated rings. The average Bonchev–Trinajstić information content (AvgIpc) is 3.04. The predicted octanol–water partition coefficient (Wildman–Crippen LogP) is 0.870. The van der Waals surface area contributed by atoms with Gasteiger partial charge in [-0.1, -0.05) is 0 Å². The molecule has 1 aliphatic heterocycles. The first-order valence-electron chi connectivity index (χ1n) is 6.26. The van der Waals surface area contributed by atoms with Crippen LogP contribution >= 0.6 is 0 Å². The highest BCUT2D eigenvalue weighted by Gasteiger charge is 2.32. The molecular weight excluding hydrogens is 294 g/mol. The highest BCUT2D eigenvalue weighted by Crippen LogP contribution is 2.33. The minimum absolute atomic E-state index is 0.0137. The maximum absolute atomic E-state index is 12.6. The van der Waals surface area contributed by atoms with E-state index in [2.05, 4.69) is 4.98 Å². The fourth-order valence-corrected chi connectivity index (χ4v) is 3.86. The minimum Gasteiger partial charge on any atom is -0.478 e. The van der Waals surface area contributed by atoms with E-state index in [0.717, 1.165) is 5.56 Å². The molecule has 1 N–H and O–H groups in total. The van der Waals surface area contributed by atoms with Crippen molar-refractivity contribution in [2.24, 2.45) is 7.05 Å². The molecule has 0 bridgehead atoms. The maximum Gasteiger partial charge on any atom is 0.335 e. The molecule has 0 amide bonds. The van der Waals surface area contributed by atoms with E-state index in [-0.39, 0.29) is 17.1 Å². The number of carbonyl (C=O) groups is 1. The highest BCUT2D eigenvalue weighted by molar-refractivity contribution is 7.92. The molecule has 0 radical (unpaired) electrons. The molecule has 1 aromatic carbocycles. The molecule has 2 aromatic rings. The van der Waals surface area contributed by atoms with Crippen molar-refractivity contribution in [2.45, 2.75) is 11.4 Å². The first kappa shape index (κ1) is 13.6. The molecule has 7 nitrogen and oxygen atoms in total. The Bertz CT molecular complexity index is 826. The number of rotatable bonds is 3. The molecule has 0 unspecified atom stereocenters. The van der Waals surface area contributed by atoms with E-state index in [1.54, 1.807) is 11.6 Å².